The highest BCUT2D eigenvalue weighted by atomic mass is 32.2. The molecule has 0 spiro atoms. The first-order chi connectivity index (χ1) is 12.6. The van der Waals surface area contributed by atoms with Gasteiger partial charge in [0.15, 0.2) is 11.5 Å². The average Bonchev–Trinajstić information content (AvgIpc) is 3.20. The molecule has 1 aromatic carbocycles. The van der Waals surface area contributed by atoms with E-state index in [9.17, 15) is 9.90 Å². The normalized spacial score (nSPS) is 14.0. The molecule has 7 heteroatoms. The lowest BCUT2D eigenvalue weighted by Gasteiger charge is -2.07. The second kappa shape index (κ2) is 6.81. The summed E-state index contributed by atoms with van der Waals surface area (Å²) in [5.74, 6) is 1.06. The van der Waals surface area contributed by atoms with Crippen LogP contribution in [0.2, 0.25) is 0 Å². The number of phenolic OH excluding ortho intramolecular Hbond substituents is 1. The van der Waals surface area contributed by atoms with E-state index >= 15 is 0 Å². The van der Waals surface area contributed by atoms with Crippen molar-refractivity contribution in [2.45, 2.75) is 19.3 Å². The first-order valence-corrected chi connectivity index (χ1v) is 10.3. The van der Waals surface area contributed by atoms with Crippen LogP contribution >= 0.6 is 23.1 Å². The predicted octanol–water partition coefficient (Wildman–Crippen LogP) is 4.05. The van der Waals surface area contributed by atoms with E-state index in [1.807, 2.05) is 18.4 Å². The summed E-state index contributed by atoms with van der Waals surface area (Å²) in [4.78, 5) is 23.2. The Balaban J connectivity index is 1.79. The van der Waals surface area contributed by atoms with Gasteiger partial charge in [0.1, 0.15) is 10.7 Å². The van der Waals surface area contributed by atoms with Crippen LogP contribution in [-0.2, 0) is 12.8 Å². The highest BCUT2D eigenvalue weighted by Crippen LogP contribution is 2.36. The van der Waals surface area contributed by atoms with Crippen molar-refractivity contribution in [1.29, 1.82) is 0 Å². The zero-order valence-corrected chi connectivity index (χ0v) is 16.1. The van der Waals surface area contributed by atoms with Gasteiger partial charge in [-0.25, -0.2) is 4.98 Å². The van der Waals surface area contributed by atoms with Gasteiger partial charge in [-0.3, -0.25) is 4.79 Å². The van der Waals surface area contributed by atoms with Gasteiger partial charge in [0.2, 0.25) is 0 Å². The number of H-pyrrole nitrogens is 1. The highest BCUT2D eigenvalue weighted by molar-refractivity contribution is 8.07. The summed E-state index contributed by atoms with van der Waals surface area (Å²) < 4.78 is 5.08. The number of thioether (sulfide) groups is 1. The molecule has 0 radical (unpaired) electrons. The molecular formula is C19H18N2O3S2. The summed E-state index contributed by atoms with van der Waals surface area (Å²) in [7, 11) is 1.51. The molecule has 2 N–H and O–H groups in total. The minimum atomic E-state index is -0.0677. The molecule has 0 aliphatic heterocycles. The molecule has 0 unspecified atom stereocenters. The molecular weight excluding hydrogens is 368 g/mol. The number of fused-ring (bicyclic) bond motifs is 3. The number of nitrogens with zero attached hydrogens (tertiary/aromatic N) is 1. The van der Waals surface area contributed by atoms with Crippen LogP contribution in [0, 0.1) is 0 Å². The van der Waals surface area contributed by atoms with Gasteiger partial charge in [0, 0.05) is 4.88 Å². The van der Waals surface area contributed by atoms with Crippen molar-refractivity contribution in [2.75, 3.05) is 13.4 Å². The molecule has 0 fully saturated rings. The van der Waals surface area contributed by atoms with Crippen molar-refractivity contribution in [3.63, 3.8) is 0 Å². The summed E-state index contributed by atoms with van der Waals surface area (Å²) >= 11 is 3.13. The highest BCUT2D eigenvalue weighted by Gasteiger charge is 2.21. The fraction of sp³-hybridized carbons (Fsp3) is 0.263. The standard InChI is InChI=1S/C19H18N2O3S2/c1-24-13-7-6-10(8-12(13)22)9-15(25-2)17-20-18(23)16-11-4-3-5-14(11)26-19(16)21-17/h6-9,22H,3-5H2,1-2H3,(H,20,21,23)/b15-9-. The first kappa shape index (κ1) is 17.2. The molecule has 0 saturated carbocycles. The largest absolute Gasteiger partial charge is 0.504 e. The number of rotatable bonds is 4. The van der Waals surface area contributed by atoms with Gasteiger partial charge in [0.05, 0.1) is 17.4 Å². The van der Waals surface area contributed by atoms with Crippen LogP contribution in [0.25, 0.3) is 21.2 Å². The molecule has 26 heavy (non-hydrogen) atoms. The summed E-state index contributed by atoms with van der Waals surface area (Å²) in [5, 5.41) is 10.7. The van der Waals surface area contributed by atoms with Crippen LogP contribution in [-0.4, -0.2) is 28.4 Å². The van der Waals surface area contributed by atoms with Gasteiger partial charge in [-0.05, 0) is 54.9 Å². The summed E-state index contributed by atoms with van der Waals surface area (Å²) in [6, 6.07) is 5.19. The number of hydrogen-bond acceptors (Lipinski definition) is 6. The number of hydrogen-bond donors (Lipinski definition) is 2. The minimum Gasteiger partial charge on any atom is -0.504 e. The molecule has 1 aliphatic rings. The smallest absolute Gasteiger partial charge is 0.260 e. The third kappa shape index (κ3) is 2.91. The third-order valence-corrected chi connectivity index (χ3v) is 6.47. The number of aromatic nitrogens is 2. The van der Waals surface area contributed by atoms with Crippen molar-refractivity contribution < 1.29 is 9.84 Å². The molecule has 0 bridgehead atoms. The number of aromatic amines is 1. The molecule has 5 nitrogen and oxygen atoms in total. The van der Waals surface area contributed by atoms with Crippen LogP contribution in [0.4, 0.5) is 0 Å². The molecule has 0 atom stereocenters. The number of benzene rings is 1. The second-order valence-corrected chi connectivity index (χ2v) is 8.03. The monoisotopic (exact) mass is 386 g/mol. The minimum absolute atomic E-state index is 0.0677. The van der Waals surface area contributed by atoms with Gasteiger partial charge in [-0.2, -0.15) is 0 Å². The van der Waals surface area contributed by atoms with Crippen molar-refractivity contribution in [2.24, 2.45) is 0 Å². The number of thiophene rings is 1. The number of aryl methyl sites for hydroxylation is 2. The van der Waals surface area contributed by atoms with E-state index < -0.39 is 0 Å². The molecule has 2 heterocycles. The second-order valence-electron chi connectivity index (χ2n) is 6.10. The van der Waals surface area contributed by atoms with Crippen molar-refractivity contribution in [3.8, 4) is 11.5 Å². The van der Waals surface area contributed by atoms with E-state index in [1.54, 1.807) is 23.5 Å². The van der Waals surface area contributed by atoms with E-state index in [2.05, 4.69) is 4.98 Å². The van der Waals surface area contributed by atoms with Crippen LogP contribution < -0.4 is 10.3 Å². The van der Waals surface area contributed by atoms with Gasteiger partial charge in [-0.1, -0.05) is 6.07 Å². The van der Waals surface area contributed by atoms with Gasteiger partial charge in [0.25, 0.3) is 5.56 Å². The number of aromatic hydroxyl groups is 1. The fourth-order valence-corrected chi connectivity index (χ4v) is 5.10. The van der Waals surface area contributed by atoms with E-state index in [4.69, 9.17) is 9.72 Å². The Bertz CT molecular complexity index is 1080. The quantitative estimate of drug-likeness (QED) is 0.708. The first-order valence-electron chi connectivity index (χ1n) is 8.28. The molecule has 3 aromatic rings. The number of ether oxygens (including phenoxy) is 1. The Labute approximate surface area is 158 Å². The summed E-state index contributed by atoms with van der Waals surface area (Å²) in [5.41, 5.74) is 1.92. The lowest BCUT2D eigenvalue weighted by Crippen LogP contribution is -2.11. The maximum absolute atomic E-state index is 12.6. The Morgan fingerprint density at radius 3 is 3.00 bits per heavy atom. The van der Waals surface area contributed by atoms with E-state index in [1.165, 1.54) is 29.3 Å². The zero-order chi connectivity index (χ0) is 18.3. The molecule has 1 aliphatic carbocycles. The Morgan fingerprint density at radius 2 is 2.27 bits per heavy atom. The SMILES string of the molecule is COc1ccc(/C=C(\SC)c2nc3sc4c(c3c(=O)[nH]2)CCC4)cc1O. The zero-order valence-electron chi connectivity index (χ0n) is 14.5. The topological polar surface area (TPSA) is 75.2 Å². The van der Waals surface area contributed by atoms with E-state index in [0.29, 0.717) is 11.6 Å². The van der Waals surface area contributed by atoms with Gasteiger partial charge in [-0.15, -0.1) is 23.1 Å². The van der Waals surface area contributed by atoms with E-state index in [-0.39, 0.29) is 11.3 Å². The lowest BCUT2D eigenvalue weighted by molar-refractivity contribution is 0.373. The molecule has 0 saturated heterocycles. The average molecular weight is 386 g/mol. The van der Waals surface area contributed by atoms with Crippen LogP contribution in [0.1, 0.15) is 28.2 Å². The Kier molecular flexibility index (Phi) is 4.50. The molecule has 4 rings (SSSR count). The van der Waals surface area contributed by atoms with Crippen LogP contribution in [0.15, 0.2) is 23.0 Å². The Hall–Kier alpha value is -2.25. The molecule has 2 aromatic heterocycles. The maximum Gasteiger partial charge on any atom is 0.260 e. The number of methoxy groups -OCH3 is 1. The summed E-state index contributed by atoms with van der Waals surface area (Å²) in [6.07, 6.45) is 6.97. The third-order valence-electron chi connectivity index (χ3n) is 4.53. The van der Waals surface area contributed by atoms with E-state index in [0.717, 1.165) is 39.9 Å². The maximum atomic E-state index is 12.6. The van der Waals surface area contributed by atoms with Gasteiger partial charge >= 0.3 is 0 Å². The van der Waals surface area contributed by atoms with Crippen molar-refractivity contribution >= 4 is 44.3 Å². The van der Waals surface area contributed by atoms with Crippen molar-refractivity contribution in [3.05, 3.63) is 50.4 Å². The predicted molar refractivity (Wildman–Crippen MR) is 108 cm³/mol. The van der Waals surface area contributed by atoms with Crippen LogP contribution in [0.5, 0.6) is 11.5 Å². The molecule has 0 amide bonds. The number of phenols is 1. The number of nitrogens with one attached hydrogen (secondary N) is 1. The fourth-order valence-electron chi connectivity index (χ4n) is 3.29. The Morgan fingerprint density at radius 1 is 1.42 bits per heavy atom. The van der Waals surface area contributed by atoms with Gasteiger partial charge < -0.3 is 14.8 Å². The molecule has 134 valence electrons. The lowest BCUT2D eigenvalue weighted by atomic mass is 10.2. The van der Waals surface area contributed by atoms with Crippen molar-refractivity contribution in [1.82, 2.24) is 9.97 Å². The summed E-state index contributed by atoms with van der Waals surface area (Å²) in [6.45, 7) is 0. The van der Waals surface area contributed by atoms with Crippen LogP contribution in [0.3, 0.4) is 0 Å².